The van der Waals surface area contributed by atoms with Crippen LogP contribution in [0.25, 0.3) is 16.6 Å². The monoisotopic (exact) mass is 371 g/mol. The second-order valence-corrected chi connectivity index (χ2v) is 7.96. The Balaban J connectivity index is 1.45. The van der Waals surface area contributed by atoms with Crippen LogP contribution in [0.1, 0.15) is 29.8 Å². The molecular weight excluding hydrogens is 346 g/mol. The molecule has 3 heterocycles. The maximum absolute atomic E-state index is 5.02. The highest BCUT2D eigenvalue weighted by molar-refractivity contribution is 5.93. The SMILES string of the molecule is Cc1ccc2nc(N3CCC(Cc4ccccc4)CC3)n3c(C)nnc3c2c1. The molecule has 4 aromatic rings. The van der Waals surface area contributed by atoms with Crippen molar-refractivity contribution < 1.29 is 0 Å². The molecule has 28 heavy (non-hydrogen) atoms. The molecule has 2 aromatic carbocycles. The molecule has 0 N–H and O–H groups in total. The average molecular weight is 371 g/mol. The predicted molar refractivity (Wildman–Crippen MR) is 113 cm³/mol. The highest BCUT2D eigenvalue weighted by atomic mass is 15.3. The van der Waals surface area contributed by atoms with E-state index >= 15 is 0 Å². The van der Waals surface area contributed by atoms with Crippen molar-refractivity contribution in [2.45, 2.75) is 33.1 Å². The molecule has 5 heteroatoms. The third kappa shape index (κ3) is 3.01. The van der Waals surface area contributed by atoms with Gasteiger partial charge in [-0.15, -0.1) is 10.2 Å². The van der Waals surface area contributed by atoms with E-state index in [4.69, 9.17) is 4.98 Å². The number of fused-ring (bicyclic) bond motifs is 3. The molecule has 1 aliphatic rings. The summed E-state index contributed by atoms with van der Waals surface area (Å²) in [5.41, 5.74) is 4.56. The second kappa shape index (κ2) is 6.89. The van der Waals surface area contributed by atoms with Crippen LogP contribution >= 0.6 is 0 Å². The molecule has 0 saturated carbocycles. The van der Waals surface area contributed by atoms with Crippen molar-refractivity contribution in [3.05, 3.63) is 65.5 Å². The van der Waals surface area contributed by atoms with E-state index in [1.165, 1.54) is 30.4 Å². The number of rotatable bonds is 3. The van der Waals surface area contributed by atoms with Gasteiger partial charge in [0.2, 0.25) is 5.95 Å². The van der Waals surface area contributed by atoms with Crippen molar-refractivity contribution in [3.8, 4) is 0 Å². The molecule has 0 aliphatic carbocycles. The normalized spacial score (nSPS) is 15.6. The number of nitrogens with zero attached hydrogens (tertiary/aromatic N) is 5. The lowest BCUT2D eigenvalue weighted by atomic mass is 9.90. The molecule has 1 fully saturated rings. The Morgan fingerprint density at radius 3 is 2.54 bits per heavy atom. The fourth-order valence-electron chi connectivity index (χ4n) is 4.36. The summed E-state index contributed by atoms with van der Waals surface area (Å²) in [5, 5.41) is 9.88. The minimum atomic E-state index is 0.735. The predicted octanol–water partition coefficient (Wildman–Crippen LogP) is 4.35. The van der Waals surface area contributed by atoms with E-state index in [-0.39, 0.29) is 0 Å². The van der Waals surface area contributed by atoms with E-state index in [2.05, 4.69) is 75.0 Å². The minimum Gasteiger partial charge on any atom is -0.342 e. The summed E-state index contributed by atoms with van der Waals surface area (Å²) in [6.07, 6.45) is 3.54. The first kappa shape index (κ1) is 17.2. The van der Waals surface area contributed by atoms with Crippen molar-refractivity contribution in [2.75, 3.05) is 18.0 Å². The molecule has 1 aliphatic heterocycles. The summed E-state index contributed by atoms with van der Waals surface area (Å²) in [4.78, 5) is 7.43. The molecule has 0 radical (unpaired) electrons. The maximum atomic E-state index is 5.02. The van der Waals surface area contributed by atoms with Gasteiger partial charge < -0.3 is 4.90 Å². The number of piperidine rings is 1. The Morgan fingerprint density at radius 1 is 0.964 bits per heavy atom. The third-order valence-electron chi connectivity index (χ3n) is 5.90. The van der Waals surface area contributed by atoms with Gasteiger partial charge in [-0.25, -0.2) is 9.38 Å². The van der Waals surface area contributed by atoms with Gasteiger partial charge in [0.25, 0.3) is 0 Å². The largest absolute Gasteiger partial charge is 0.342 e. The smallest absolute Gasteiger partial charge is 0.213 e. The molecule has 0 unspecified atom stereocenters. The van der Waals surface area contributed by atoms with Crippen LogP contribution in [0.4, 0.5) is 5.95 Å². The van der Waals surface area contributed by atoms with Crippen molar-refractivity contribution in [1.82, 2.24) is 19.6 Å². The van der Waals surface area contributed by atoms with Gasteiger partial charge in [-0.3, -0.25) is 0 Å². The lowest BCUT2D eigenvalue weighted by molar-refractivity contribution is 0.400. The molecule has 0 spiro atoms. The van der Waals surface area contributed by atoms with Crippen molar-refractivity contribution in [2.24, 2.45) is 5.92 Å². The Bertz CT molecular complexity index is 1120. The van der Waals surface area contributed by atoms with E-state index in [9.17, 15) is 0 Å². The molecule has 142 valence electrons. The molecule has 0 atom stereocenters. The van der Waals surface area contributed by atoms with Gasteiger partial charge in [-0.2, -0.15) is 0 Å². The second-order valence-electron chi connectivity index (χ2n) is 7.96. The molecule has 2 aromatic heterocycles. The summed E-state index contributed by atoms with van der Waals surface area (Å²) in [7, 11) is 0. The molecule has 0 amide bonds. The highest BCUT2D eigenvalue weighted by Crippen LogP contribution is 2.29. The summed E-state index contributed by atoms with van der Waals surface area (Å²) in [6.45, 7) is 6.16. The molecule has 0 bridgehead atoms. The minimum absolute atomic E-state index is 0.735. The first-order valence-electron chi connectivity index (χ1n) is 10.1. The topological polar surface area (TPSA) is 46.3 Å². The van der Waals surface area contributed by atoms with Gasteiger partial charge in [-0.05, 0) is 56.7 Å². The lowest BCUT2D eigenvalue weighted by Crippen LogP contribution is -2.36. The quantitative estimate of drug-likeness (QED) is 0.537. The fourth-order valence-corrected chi connectivity index (χ4v) is 4.36. The number of hydrogen-bond acceptors (Lipinski definition) is 4. The number of benzene rings is 2. The van der Waals surface area contributed by atoms with E-state index in [0.29, 0.717) is 0 Å². The van der Waals surface area contributed by atoms with Gasteiger partial charge >= 0.3 is 0 Å². The summed E-state index contributed by atoms with van der Waals surface area (Å²) < 4.78 is 2.12. The zero-order valence-corrected chi connectivity index (χ0v) is 16.5. The van der Waals surface area contributed by atoms with Gasteiger partial charge in [0, 0.05) is 18.5 Å². The Kier molecular flexibility index (Phi) is 4.23. The van der Waals surface area contributed by atoms with Crippen LogP contribution < -0.4 is 4.90 Å². The number of hydrogen-bond donors (Lipinski definition) is 0. The molecule has 1 saturated heterocycles. The fraction of sp³-hybridized carbons (Fsp3) is 0.348. The first-order valence-corrected chi connectivity index (χ1v) is 10.1. The number of aryl methyl sites for hydroxylation is 2. The standard InChI is InChI=1S/C23H25N5/c1-16-8-9-21-20(14-16)22-26-25-17(2)28(22)23(24-21)27-12-10-19(11-13-27)15-18-6-4-3-5-7-18/h3-9,14,19H,10-13,15H2,1-2H3. The molecule has 5 rings (SSSR count). The van der Waals surface area contributed by atoms with Crippen LogP contribution in [0.5, 0.6) is 0 Å². The third-order valence-corrected chi connectivity index (χ3v) is 5.90. The van der Waals surface area contributed by atoms with Crippen LogP contribution in [0.3, 0.4) is 0 Å². The van der Waals surface area contributed by atoms with Crippen LogP contribution in [0.2, 0.25) is 0 Å². The summed E-state index contributed by atoms with van der Waals surface area (Å²) in [5.74, 6) is 2.61. The Morgan fingerprint density at radius 2 is 1.75 bits per heavy atom. The van der Waals surface area contributed by atoms with E-state index in [0.717, 1.165) is 47.3 Å². The summed E-state index contributed by atoms with van der Waals surface area (Å²) >= 11 is 0. The van der Waals surface area contributed by atoms with Gasteiger partial charge in [0.05, 0.1) is 5.52 Å². The van der Waals surface area contributed by atoms with Crippen molar-refractivity contribution >= 4 is 22.5 Å². The van der Waals surface area contributed by atoms with E-state index in [1.807, 2.05) is 6.92 Å². The molecule has 5 nitrogen and oxygen atoms in total. The number of anilines is 1. The molecular formula is C23H25N5. The van der Waals surface area contributed by atoms with Gasteiger partial charge in [-0.1, -0.05) is 42.0 Å². The van der Waals surface area contributed by atoms with E-state index in [1.54, 1.807) is 0 Å². The average Bonchev–Trinajstić information content (AvgIpc) is 3.11. The van der Waals surface area contributed by atoms with Gasteiger partial charge in [0.1, 0.15) is 5.82 Å². The van der Waals surface area contributed by atoms with Crippen LogP contribution in [-0.4, -0.2) is 32.7 Å². The Labute approximate surface area is 165 Å². The van der Waals surface area contributed by atoms with E-state index < -0.39 is 0 Å². The van der Waals surface area contributed by atoms with Crippen LogP contribution in [0, 0.1) is 19.8 Å². The first-order chi connectivity index (χ1) is 13.7. The van der Waals surface area contributed by atoms with Crippen LogP contribution in [0.15, 0.2) is 48.5 Å². The van der Waals surface area contributed by atoms with Crippen molar-refractivity contribution in [3.63, 3.8) is 0 Å². The lowest BCUT2D eigenvalue weighted by Gasteiger charge is -2.33. The van der Waals surface area contributed by atoms with Crippen molar-refractivity contribution in [1.29, 1.82) is 0 Å². The summed E-state index contributed by atoms with van der Waals surface area (Å²) in [6, 6.07) is 17.2. The van der Waals surface area contributed by atoms with Crippen LogP contribution in [-0.2, 0) is 6.42 Å². The zero-order valence-electron chi connectivity index (χ0n) is 16.5. The number of aromatic nitrogens is 4. The zero-order chi connectivity index (χ0) is 19.1. The van der Waals surface area contributed by atoms with Gasteiger partial charge in [0.15, 0.2) is 5.65 Å². The maximum Gasteiger partial charge on any atom is 0.213 e. The Hall–Kier alpha value is -2.95. The highest BCUT2D eigenvalue weighted by Gasteiger charge is 2.24.